The van der Waals surface area contributed by atoms with Gasteiger partial charge < -0.3 is 15.5 Å². The zero-order chi connectivity index (χ0) is 19.5. The van der Waals surface area contributed by atoms with E-state index in [1.807, 2.05) is 12.2 Å². The summed E-state index contributed by atoms with van der Waals surface area (Å²) < 4.78 is 0. The van der Waals surface area contributed by atoms with Crippen LogP contribution in [0.5, 0.6) is 0 Å². The fourth-order valence-corrected chi connectivity index (χ4v) is 3.84. The SMILES string of the molecule is CCCCC[C@H](O)/C=C/[C@@H]1[C@@H](C/C=C\CCC(=O)NCCO)[C@@H]2C[C@H]1OO2. The van der Waals surface area contributed by atoms with Crippen LogP contribution in [-0.4, -0.2) is 47.6 Å². The molecule has 2 rings (SSSR count). The highest BCUT2D eigenvalue weighted by atomic mass is 17.2. The maximum Gasteiger partial charge on any atom is 0.220 e. The van der Waals surface area contributed by atoms with Crippen molar-refractivity contribution in [1.29, 1.82) is 0 Å². The molecule has 6 nitrogen and oxygen atoms in total. The van der Waals surface area contributed by atoms with Crippen LogP contribution in [0.25, 0.3) is 0 Å². The molecule has 1 aliphatic heterocycles. The van der Waals surface area contributed by atoms with Crippen LogP contribution in [0.4, 0.5) is 0 Å². The van der Waals surface area contributed by atoms with Crippen molar-refractivity contribution in [3.05, 3.63) is 24.3 Å². The molecule has 0 aromatic rings. The van der Waals surface area contributed by atoms with E-state index < -0.39 is 0 Å². The molecule has 5 atom stereocenters. The highest BCUT2D eigenvalue weighted by Gasteiger charge is 2.49. The van der Waals surface area contributed by atoms with Crippen molar-refractivity contribution >= 4 is 5.91 Å². The molecular weight excluding hydrogens is 346 g/mol. The van der Waals surface area contributed by atoms with Gasteiger partial charge in [0.05, 0.1) is 18.8 Å². The molecule has 1 heterocycles. The second kappa shape index (κ2) is 12.3. The summed E-state index contributed by atoms with van der Waals surface area (Å²) in [6.07, 6.45) is 15.1. The average molecular weight is 382 g/mol. The number of aliphatic hydroxyl groups excluding tert-OH is 2. The fourth-order valence-electron chi connectivity index (χ4n) is 3.84. The Hall–Kier alpha value is -1.21. The zero-order valence-corrected chi connectivity index (χ0v) is 16.4. The van der Waals surface area contributed by atoms with Crippen LogP contribution in [0.3, 0.4) is 0 Å². The highest BCUT2D eigenvalue weighted by molar-refractivity contribution is 5.75. The second-order valence-electron chi connectivity index (χ2n) is 7.51. The molecule has 1 saturated carbocycles. The van der Waals surface area contributed by atoms with Gasteiger partial charge in [-0.05, 0) is 19.3 Å². The first kappa shape index (κ1) is 22.1. The summed E-state index contributed by atoms with van der Waals surface area (Å²) in [7, 11) is 0. The Morgan fingerprint density at radius 3 is 2.85 bits per heavy atom. The van der Waals surface area contributed by atoms with Crippen LogP contribution >= 0.6 is 0 Å². The van der Waals surface area contributed by atoms with Gasteiger partial charge in [0.15, 0.2) is 0 Å². The van der Waals surface area contributed by atoms with Crippen molar-refractivity contribution < 1.29 is 24.8 Å². The van der Waals surface area contributed by atoms with Gasteiger partial charge in [0.2, 0.25) is 5.91 Å². The molecule has 6 heteroatoms. The molecule has 3 N–H and O–H groups in total. The normalized spacial score (nSPS) is 28.4. The number of amides is 1. The van der Waals surface area contributed by atoms with Gasteiger partial charge in [-0.2, -0.15) is 0 Å². The first-order chi connectivity index (χ1) is 13.2. The summed E-state index contributed by atoms with van der Waals surface area (Å²) in [5.41, 5.74) is 0. The molecule has 1 aliphatic carbocycles. The molecule has 0 unspecified atom stereocenters. The predicted octanol–water partition coefficient (Wildman–Crippen LogP) is 2.65. The Bertz CT molecular complexity index is 493. The van der Waals surface area contributed by atoms with Gasteiger partial charge in [-0.3, -0.25) is 4.79 Å². The number of carbonyl (C=O) groups is 1. The molecule has 0 aromatic heterocycles. The maximum atomic E-state index is 11.5. The van der Waals surface area contributed by atoms with E-state index in [1.54, 1.807) is 0 Å². The molecule has 0 spiro atoms. The minimum Gasteiger partial charge on any atom is -0.395 e. The Labute approximate surface area is 162 Å². The van der Waals surface area contributed by atoms with Gasteiger partial charge in [0.25, 0.3) is 0 Å². The number of hydrogen-bond acceptors (Lipinski definition) is 5. The lowest BCUT2D eigenvalue weighted by molar-refractivity contribution is -0.336. The van der Waals surface area contributed by atoms with Crippen molar-refractivity contribution in [1.82, 2.24) is 5.32 Å². The van der Waals surface area contributed by atoms with E-state index in [1.165, 1.54) is 0 Å². The lowest BCUT2D eigenvalue weighted by Crippen LogP contribution is -2.28. The molecule has 1 saturated heterocycles. The van der Waals surface area contributed by atoms with Gasteiger partial charge in [0, 0.05) is 31.2 Å². The third-order valence-corrected chi connectivity index (χ3v) is 5.37. The maximum absolute atomic E-state index is 11.5. The van der Waals surface area contributed by atoms with Gasteiger partial charge in [0.1, 0.15) is 6.10 Å². The molecular formula is C21H35NO5. The van der Waals surface area contributed by atoms with Gasteiger partial charge in [-0.15, -0.1) is 0 Å². The smallest absolute Gasteiger partial charge is 0.220 e. The van der Waals surface area contributed by atoms with Crippen molar-refractivity contribution in [3.8, 4) is 0 Å². The number of allylic oxidation sites excluding steroid dienone is 2. The Morgan fingerprint density at radius 1 is 1.26 bits per heavy atom. The summed E-state index contributed by atoms with van der Waals surface area (Å²) in [6, 6.07) is 0. The van der Waals surface area contributed by atoms with Crippen molar-refractivity contribution in [2.45, 2.75) is 76.6 Å². The number of nitrogens with one attached hydrogen (secondary N) is 1. The van der Waals surface area contributed by atoms with Crippen molar-refractivity contribution in [2.75, 3.05) is 13.2 Å². The van der Waals surface area contributed by atoms with Gasteiger partial charge in [-0.25, -0.2) is 9.78 Å². The van der Waals surface area contributed by atoms with Gasteiger partial charge in [-0.1, -0.05) is 50.5 Å². The molecule has 1 amide bonds. The summed E-state index contributed by atoms with van der Waals surface area (Å²) in [5, 5.41) is 21.5. The molecule has 154 valence electrons. The zero-order valence-electron chi connectivity index (χ0n) is 16.4. The van der Waals surface area contributed by atoms with Crippen molar-refractivity contribution in [3.63, 3.8) is 0 Å². The largest absolute Gasteiger partial charge is 0.395 e. The highest BCUT2D eigenvalue weighted by Crippen LogP contribution is 2.44. The Balaban J connectivity index is 1.75. The molecule has 2 fully saturated rings. The number of unbranched alkanes of at least 4 members (excludes halogenated alkanes) is 2. The van der Waals surface area contributed by atoms with Crippen molar-refractivity contribution in [2.24, 2.45) is 11.8 Å². The Kier molecular flexibility index (Phi) is 10.1. The molecule has 27 heavy (non-hydrogen) atoms. The van der Waals surface area contributed by atoms with Crippen LogP contribution in [0.2, 0.25) is 0 Å². The lowest BCUT2D eigenvalue weighted by Gasteiger charge is -2.27. The minimum atomic E-state index is -0.384. The molecule has 0 radical (unpaired) electrons. The monoisotopic (exact) mass is 381 g/mol. The lowest BCUT2D eigenvalue weighted by atomic mass is 9.89. The quantitative estimate of drug-likeness (QED) is 0.259. The first-order valence-corrected chi connectivity index (χ1v) is 10.4. The number of carbonyl (C=O) groups excluding carboxylic acids is 1. The second-order valence-corrected chi connectivity index (χ2v) is 7.51. The summed E-state index contributed by atoms with van der Waals surface area (Å²) in [4.78, 5) is 22.3. The number of hydrogen-bond donors (Lipinski definition) is 3. The number of aliphatic hydroxyl groups is 2. The standard InChI is InChI=1S/C21H35NO5/c1-2-3-5-8-16(24)11-12-18-17(19-15-20(18)27-26-19)9-6-4-7-10-21(25)22-13-14-23/h4,6,11-12,16-20,23-24H,2-3,5,7-10,13-15H2,1H3,(H,22,25)/b6-4-,12-11+/t16-,17+,18+,19-,20+/m0/s1. The van der Waals surface area contributed by atoms with E-state index in [9.17, 15) is 9.90 Å². The molecule has 2 bridgehead atoms. The Morgan fingerprint density at radius 2 is 2.07 bits per heavy atom. The average Bonchev–Trinajstić information content (AvgIpc) is 3.26. The van der Waals surface area contributed by atoms with Crippen LogP contribution < -0.4 is 5.32 Å². The third kappa shape index (κ3) is 7.37. The van der Waals surface area contributed by atoms with E-state index in [4.69, 9.17) is 14.9 Å². The van der Waals surface area contributed by atoms with E-state index >= 15 is 0 Å². The third-order valence-electron chi connectivity index (χ3n) is 5.37. The molecule has 2 aliphatic rings. The summed E-state index contributed by atoms with van der Waals surface area (Å²) in [5.74, 6) is 0.576. The van der Waals surface area contributed by atoms with Crippen LogP contribution in [0.1, 0.15) is 58.3 Å². The topological polar surface area (TPSA) is 88.0 Å². The van der Waals surface area contributed by atoms with E-state index in [0.717, 1.165) is 38.5 Å². The van der Waals surface area contributed by atoms with E-state index in [-0.39, 0.29) is 36.7 Å². The van der Waals surface area contributed by atoms with Crippen LogP contribution in [0, 0.1) is 11.8 Å². The minimum absolute atomic E-state index is 0.0317. The number of fused-ring (bicyclic) bond motifs is 2. The van der Waals surface area contributed by atoms with Crippen LogP contribution in [-0.2, 0) is 14.6 Å². The summed E-state index contributed by atoms with van der Waals surface area (Å²) >= 11 is 0. The first-order valence-electron chi connectivity index (χ1n) is 10.4. The predicted molar refractivity (Wildman–Crippen MR) is 104 cm³/mol. The summed E-state index contributed by atoms with van der Waals surface area (Å²) in [6.45, 7) is 2.44. The number of rotatable bonds is 13. The van der Waals surface area contributed by atoms with E-state index in [0.29, 0.717) is 25.3 Å². The van der Waals surface area contributed by atoms with E-state index in [2.05, 4.69) is 24.4 Å². The van der Waals surface area contributed by atoms with Gasteiger partial charge >= 0.3 is 0 Å². The molecule has 0 aromatic carbocycles. The van der Waals surface area contributed by atoms with Crippen LogP contribution in [0.15, 0.2) is 24.3 Å². The fraction of sp³-hybridized carbons (Fsp3) is 0.762.